The lowest BCUT2D eigenvalue weighted by Crippen LogP contribution is -2.16. The molecule has 0 aliphatic carbocycles. The van der Waals surface area contributed by atoms with Gasteiger partial charge in [0.25, 0.3) is 15.9 Å². The molecule has 3 aromatic rings. The summed E-state index contributed by atoms with van der Waals surface area (Å²) in [5, 5.41) is 2.75. The van der Waals surface area contributed by atoms with Gasteiger partial charge in [-0.05, 0) is 67.1 Å². The zero-order chi connectivity index (χ0) is 20.3. The first-order valence-electron chi connectivity index (χ1n) is 8.20. The molecular formula is C20H16BrClN2O3S. The Morgan fingerprint density at radius 3 is 2.36 bits per heavy atom. The van der Waals surface area contributed by atoms with Crippen molar-refractivity contribution in [3.63, 3.8) is 0 Å². The van der Waals surface area contributed by atoms with Crippen molar-refractivity contribution in [3.8, 4) is 0 Å². The van der Waals surface area contributed by atoms with Crippen molar-refractivity contribution in [2.75, 3.05) is 10.0 Å². The second-order valence-electron chi connectivity index (χ2n) is 6.08. The van der Waals surface area contributed by atoms with Crippen molar-refractivity contribution in [1.82, 2.24) is 0 Å². The van der Waals surface area contributed by atoms with E-state index in [1.165, 1.54) is 18.2 Å². The summed E-state index contributed by atoms with van der Waals surface area (Å²) in [6, 6.07) is 18.1. The molecule has 0 aromatic heterocycles. The second kappa shape index (κ2) is 8.34. The highest BCUT2D eigenvalue weighted by Crippen LogP contribution is 2.26. The van der Waals surface area contributed by atoms with Crippen LogP contribution >= 0.6 is 27.5 Å². The number of benzene rings is 3. The summed E-state index contributed by atoms with van der Waals surface area (Å²) in [6.45, 7) is 1.86. The predicted molar refractivity (Wildman–Crippen MR) is 116 cm³/mol. The van der Waals surface area contributed by atoms with Gasteiger partial charge in [-0.1, -0.05) is 39.7 Å². The number of halogens is 2. The zero-order valence-corrected chi connectivity index (χ0v) is 17.9. The summed E-state index contributed by atoms with van der Waals surface area (Å²) in [5.74, 6) is -0.439. The second-order valence-corrected chi connectivity index (χ2v) is 9.05. The monoisotopic (exact) mass is 478 g/mol. The minimum atomic E-state index is -3.96. The third kappa shape index (κ3) is 4.92. The Morgan fingerprint density at radius 2 is 1.68 bits per heavy atom. The largest absolute Gasteiger partial charge is 0.322 e. The third-order valence-corrected chi connectivity index (χ3v) is 6.25. The van der Waals surface area contributed by atoms with E-state index in [4.69, 9.17) is 11.6 Å². The van der Waals surface area contributed by atoms with E-state index in [1.54, 1.807) is 42.5 Å². The fourth-order valence-electron chi connectivity index (χ4n) is 2.51. The molecule has 144 valence electrons. The van der Waals surface area contributed by atoms with Crippen molar-refractivity contribution in [1.29, 1.82) is 0 Å². The summed E-state index contributed by atoms with van der Waals surface area (Å²) in [5.41, 5.74) is 2.09. The molecule has 0 atom stereocenters. The minimum absolute atomic E-state index is 0.0281. The fraction of sp³-hybridized carbons (Fsp3) is 0.0500. The molecule has 0 aliphatic rings. The van der Waals surface area contributed by atoms with E-state index in [1.807, 2.05) is 13.0 Å². The van der Waals surface area contributed by atoms with Crippen LogP contribution < -0.4 is 10.0 Å². The SMILES string of the molecule is Cc1cccc(NS(=O)(=O)c2cc(C(=O)Nc3ccc(Br)cc3)ccc2Cl)c1. The van der Waals surface area contributed by atoms with Gasteiger partial charge in [-0.3, -0.25) is 9.52 Å². The van der Waals surface area contributed by atoms with E-state index < -0.39 is 15.9 Å². The molecule has 0 saturated carbocycles. The fourth-order valence-corrected chi connectivity index (χ4v) is 4.35. The number of nitrogens with one attached hydrogen (secondary N) is 2. The van der Waals surface area contributed by atoms with Crippen LogP contribution in [0.4, 0.5) is 11.4 Å². The van der Waals surface area contributed by atoms with E-state index >= 15 is 0 Å². The smallest absolute Gasteiger partial charge is 0.263 e. The van der Waals surface area contributed by atoms with E-state index in [9.17, 15) is 13.2 Å². The van der Waals surface area contributed by atoms with Crippen LogP contribution in [0, 0.1) is 6.92 Å². The summed E-state index contributed by atoms with van der Waals surface area (Å²) >= 11 is 9.43. The molecule has 3 rings (SSSR count). The lowest BCUT2D eigenvalue weighted by atomic mass is 10.2. The molecule has 0 aliphatic heterocycles. The number of amides is 1. The molecule has 0 radical (unpaired) electrons. The maximum Gasteiger partial charge on any atom is 0.263 e. The maximum absolute atomic E-state index is 12.8. The first-order valence-corrected chi connectivity index (χ1v) is 10.9. The van der Waals surface area contributed by atoms with Gasteiger partial charge < -0.3 is 5.32 Å². The highest BCUT2D eigenvalue weighted by atomic mass is 79.9. The average Bonchev–Trinajstić information content (AvgIpc) is 2.63. The molecule has 0 unspecified atom stereocenters. The first kappa shape index (κ1) is 20.4. The van der Waals surface area contributed by atoms with Crippen LogP contribution in [0.2, 0.25) is 5.02 Å². The van der Waals surface area contributed by atoms with Crippen LogP contribution in [-0.4, -0.2) is 14.3 Å². The minimum Gasteiger partial charge on any atom is -0.322 e. The molecule has 28 heavy (non-hydrogen) atoms. The average molecular weight is 480 g/mol. The third-order valence-electron chi connectivity index (χ3n) is 3.86. The number of carbonyl (C=O) groups excluding carboxylic acids is 1. The summed E-state index contributed by atoms with van der Waals surface area (Å²) in [6.07, 6.45) is 0. The molecule has 0 saturated heterocycles. The van der Waals surface area contributed by atoms with Crippen LogP contribution in [0.15, 0.2) is 76.1 Å². The van der Waals surface area contributed by atoms with E-state index in [0.717, 1.165) is 10.0 Å². The molecule has 8 heteroatoms. The Hall–Kier alpha value is -2.35. The van der Waals surface area contributed by atoms with Gasteiger partial charge in [0.2, 0.25) is 0 Å². The summed E-state index contributed by atoms with van der Waals surface area (Å²) in [4.78, 5) is 12.3. The standard InChI is InChI=1S/C20H16BrClN2O3S/c1-13-3-2-4-17(11-13)24-28(26,27)19-12-14(5-10-18(19)22)20(25)23-16-8-6-15(21)7-9-16/h2-12,24H,1H3,(H,23,25). The number of hydrogen-bond donors (Lipinski definition) is 2. The van der Waals surface area contributed by atoms with Gasteiger partial charge in [0.1, 0.15) is 4.90 Å². The van der Waals surface area contributed by atoms with Crippen LogP contribution in [-0.2, 0) is 10.0 Å². The molecule has 0 heterocycles. The van der Waals surface area contributed by atoms with Crippen molar-refractivity contribution in [2.24, 2.45) is 0 Å². The van der Waals surface area contributed by atoms with Gasteiger partial charge >= 0.3 is 0 Å². The molecular weight excluding hydrogens is 464 g/mol. The lowest BCUT2D eigenvalue weighted by molar-refractivity contribution is 0.102. The number of carbonyl (C=O) groups is 1. The van der Waals surface area contributed by atoms with E-state index in [0.29, 0.717) is 11.4 Å². The Morgan fingerprint density at radius 1 is 0.964 bits per heavy atom. The van der Waals surface area contributed by atoms with Crippen molar-refractivity contribution in [2.45, 2.75) is 11.8 Å². The van der Waals surface area contributed by atoms with Crippen LogP contribution in [0.5, 0.6) is 0 Å². The highest BCUT2D eigenvalue weighted by molar-refractivity contribution is 9.10. The zero-order valence-electron chi connectivity index (χ0n) is 14.7. The molecule has 0 bridgehead atoms. The first-order chi connectivity index (χ1) is 13.2. The highest BCUT2D eigenvalue weighted by Gasteiger charge is 2.20. The van der Waals surface area contributed by atoms with E-state index in [-0.39, 0.29) is 15.5 Å². The van der Waals surface area contributed by atoms with Gasteiger partial charge in [0.15, 0.2) is 0 Å². The topological polar surface area (TPSA) is 75.3 Å². The predicted octanol–water partition coefficient (Wildman–Crippen LogP) is 5.46. The van der Waals surface area contributed by atoms with Gasteiger partial charge in [-0.15, -0.1) is 0 Å². The molecule has 2 N–H and O–H groups in total. The Labute approximate surface area is 176 Å². The number of aryl methyl sites for hydroxylation is 1. The molecule has 0 spiro atoms. The maximum atomic E-state index is 12.8. The summed E-state index contributed by atoms with van der Waals surface area (Å²) < 4.78 is 28.9. The van der Waals surface area contributed by atoms with Crippen molar-refractivity contribution >= 4 is 54.8 Å². The van der Waals surface area contributed by atoms with Crippen LogP contribution in [0.3, 0.4) is 0 Å². The molecule has 1 amide bonds. The van der Waals surface area contributed by atoms with Crippen LogP contribution in [0.25, 0.3) is 0 Å². The van der Waals surface area contributed by atoms with Gasteiger partial charge in [0.05, 0.1) is 5.02 Å². The van der Waals surface area contributed by atoms with Gasteiger partial charge in [-0.2, -0.15) is 0 Å². The van der Waals surface area contributed by atoms with Crippen molar-refractivity contribution in [3.05, 3.63) is 87.4 Å². The van der Waals surface area contributed by atoms with Gasteiger partial charge in [-0.25, -0.2) is 8.42 Å². The van der Waals surface area contributed by atoms with Crippen LogP contribution in [0.1, 0.15) is 15.9 Å². The Balaban J connectivity index is 1.87. The molecule has 0 fully saturated rings. The number of sulfonamides is 1. The quantitative estimate of drug-likeness (QED) is 0.510. The Kier molecular flexibility index (Phi) is 6.07. The normalized spacial score (nSPS) is 11.1. The number of hydrogen-bond acceptors (Lipinski definition) is 3. The number of anilines is 2. The summed E-state index contributed by atoms with van der Waals surface area (Å²) in [7, 11) is -3.96. The van der Waals surface area contributed by atoms with Gasteiger partial charge in [0, 0.05) is 21.4 Å². The van der Waals surface area contributed by atoms with E-state index in [2.05, 4.69) is 26.0 Å². The molecule has 3 aromatic carbocycles. The number of rotatable bonds is 5. The van der Waals surface area contributed by atoms with Crippen molar-refractivity contribution < 1.29 is 13.2 Å². The lowest BCUT2D eigenvalue weighted by Gasteiger charge is -2.12. The Bertz CT molecular complexity index is 1130. The molecule has 5 nitrogen and oxygen atoms in total.